The fraction of sp³-hybridized carbons (Fsp3) is 0.176. The molecule has 2 aromatic carbocycles. The summed E-state index contributed by atoms with van der Waals surface area (Å²) in [4.78, 5) is 11.8. The van der Waals surface area contributed by atoms with Gasteiger partial charge in [-0.25, -0.2) is 5.43 Å². The van der Waals surface area contributed by atoms with Gasteiger partial charge in [0.15, 0.2) is 6.61 Å². The van der Waals surface area contributed by atoms with Crippen molar-refractivity contribution in [1.82, 2.24) is 5.43 Å². The Morgan fingerprint density at radius 1 is 1.04 bits per heavy atom. The van der Waals surface area contributed by atoms with Crippen molar-refractivity contribution in [3.63, 3.8) is 0 Å². The Hall–Kier alpha value is -2.04. The number of rotatable bonds is 6. The van der Waals surface area contributed by atoms with Crippen LogP contribution in [-0.4, -0.2) is 18.2 Å². The quantitative estimate of drug-likeness (QED) is 0.623. The standard InChI is InChI=1S/C17H16Cl2N2O2/c1-2-16(12-3-5-13(18)6-4-12)20-21-17(22)11-23-15-9-7-14(19)8-10-15/h3-10H,2,11H2,1H3,(H,21,22)/b20-16-. The second-order valence-electron chi connectivity index (χ2n) is 4.70. The fourth-order valence-electron chi connectivity index (χ4n) is 1.83. The van der Waals surface area contributed by atoms with Crippen LogP contribution < -0.4 is 10.2 Å². The van der Waals surface area contributed by atoms with Crippen molar-refractivity contribution in [2.24, 2.45) is 5.10 Å². The summed E-state index contributed by atoms with van der Waals surface area (Å²) in [6, 6.07) is 14.1. The molecule has 2 aromatic rings. The number of carbonyl (C=O) groups is 1. The average molecular weight is 351 g/mol. The van der Waals surface area contributed by atoms with Crippen LogP contribution in [0.4, 0.5) is 0 Å². The molecular weight excluding hydrogens is 335 g/mol. The minimum atomic E-state index is -0.333. The molecule has 0 saturated heterocycles. The topological polar surface area (TPSA) is 50.7 Å². The number of hydrogen-bond acceptors (Lipinski definition) is 3. The van der Waals surface area contributed by atoms with Gasteiger partial charge >= 0.3 is 0 Å². The highest BCUT2D eigenvalue weighted by molar-refractivity contribution is 6.30. The lowest BCUT2D eigenvalue weighted by Crippen LogP contribution is -2.26. The van der Waals surface area contributed by atoms with Crippen LogP contribution >= 0.6 is 23.2 Å². The molecule has 1 amide bonds. The van der Waals surface area contributed by atoms with Crippen LogP contribution in [0.25, 0.3) is 0 Å². The summed E-state index contributed by atoms with van der Waals surface area (Å²) in [6.07, 6.45) is 0.681. The van der Waals surface area contributed by atoms with E-state index in [9.17, 15) is 4.79 Å². The van der Waals surface area contributed by atoms with Gasteiger partial charge in [0.1, 0.15) is 5.75 Å². The van der Waals surface area contributed by atoms with Crippen LogP contribution in [0.1, 0.15) is 18.9 Å². The van der Waals surface area contributed by atoms with Crippen molar-refractivity contribution < 1.29 is 9.53 Å². The predicted molar refractivity (Wildman–Crippen MR) is 93.4 cm³/mol. The molecule has 0 atom stereocenters. The number of halogens is 2. The summed E-state index contributed by atoms with van der Waals surface area (Å²) in [5.41, 5.74) is 4.17. The van der Waals surface area contributed by atoms with Gasteiger partial charge in [-0.3, -0.25) is 4.79 Å². The number of amides is 1. The highest BCUT2D eigenvalue weighted by atomic mass is 35.5. The molecular formula is C17H16Cl2N2O2. The molecule has 2 rings (SSSR count). The van der Waals surface area contributed by atoms with E-state index < -0.39 is 0 Å². The van der Waals surface area contributed by atoms with Crippen LogP contribution in [0.3, 0.4) is 0 Å². The smallest absolute Gasteiger partial charge is 0.277 e. The molecule has 0 aliphatic rings. The summed E-state index contributed by atoms with van der Waals surface area (Å²) in [5.74, 6) is 0.238. The van der Waals surface area contributed by atoms with E-state index in [1.165, 1.54) is 0 Å². The summed E-state index contributed by atoms with van der Waals surface area (Å²) >= 11 is 11.6. The van der Waals surface area contributed by atoms with Crippen LogP contribution in [0, 0.1) is 0 Å². The summed E-state index contributed by atoms with van der Waals surface area (Å²) in [6.45, 7) is 1.84. The third kappa shape index (κ3) is 5.58. The lowest BCUT2D eigenvalue weighted by atomic mass is 10.1. The molecule has 120 valence electrons. The van der Waals surface area contributed by atoms with E-state index in [1.807, 2.05) is 19.1 Å². The second kappa shape index (κ2) is 8.56. The van der Waals surface area contributed by atoms with Gasteiger partial charge in [0.05, 0.1) is 5.71 Å². The minimum Gasteiger partial charge on any atom is -0.484 e. The zero-order valence-electron chi connectivity index (χ0n) is 12.6. The van der Waals surface area contributed by atoms with E-state index in [-0.39, 0.29) is 12.5 Å². The Kier molecular flexibility index (Phi) is 6.44. The first-order valence-electron chi connectivity index (χ1n) is 7.08. The Balaban J connectivity index is 1.90. The van der Waals surface area contributed by atoms with Gasteiger partial charge in [0.25, 0.3) is 5.91 Å². The monoisotopic (exact) mass is 350 g/mol. The Morgan fingerprint density at radius 2 is 1.61 bits per heavy atom. The molecule has 0 radical (unpaired) electrons. The van der Waals surface area contributed by atoms with Crippen LogP contribution in [0.2, 0.25) is 10.0 Å². The van der Waals surface area contributed by atoms with Crippen LogP contribution in [-0.2, 0) is 4.79 Å². The van der Waals surface area contributed by atoms with Gasteiger partial charge in [-0.05, 0) is 48.4 Å². The maximum absolute atomic E-state index is 11.8. The molecule has 0 heterocycles. The Labute approximate surface area is 145 Å². The SMILES string of the molecule is CC/C(=N/NC(=O)COc1ccc(Cl)cc1)c1ccc(Cl)cc1. The van der Waals surface area contributed by atoms with Crippen molar-refractivity contribution in [3.8, 4) is 5.75 Å². The molecule has 6 heteroatoms. The van der Waals surface area contributed by atoms with Gasteiger partial charge < -0.3 is 4.74 Å². The normalized spacial score (nSPS) is 11.2. The maximum atomic E-state index is 11.8. The molecule has 0 fully saturated rings. The zero-order chi connectivity index (χ0) is 16.7. The third-order valence-electron chi connectivity index (χ3n) is 3.01. The fourth-order valence-corrected chi connectivity index (χ4v) is 2.08. The molecule has 0 aliphatic carbocycles. The largest absolute Gasteiger partial charge is 0.484 e. The molecule has 0 unspecified atom stereocenters. The third-order valence-corrected chi connectivity index (χ3v) is 3.52. The first-order chi connectivity index (χ1) is 11.1. The summed E-state index contributed by atoms with van der Waals surface area (Å²) in [5, 5.41) is 5.41. The average Bonchev–Trinajstić information content (AvgIpc) is 2.56. The zero-order valence-corrected chi connectivity index (χ0v) is 14.1. The van der Waals surface area contributed by atoms with Gasteiger partial charge in [-0.1, -0.05) is 42.3 Å². The molecule has 0 saturated carbocycles. The van der Waals surface area contributed by atoms with Crippen molar-refractivity contribution in [1.29, 1.82) is 0 Å². The van der Waals surface area contributed by atoms with Crippen LogP contribution in [0.15, 0.2) is 53.6 Å². The molecule has 0 bridgehead atoms. The van der Waals surface area contributed by atoms with Gasteiger partial charge in [0.2, 0.25) is 0 Å². The lowest BCUT2D eigenvalue weighted by Gasteiger charge is -2.07. The van der Waals surface area contributed by atoms with Gasteiger partial charge in [0, 0.05) is 10.0 Å². The molecule has 0 aliphatic heterocycles. The van der Waals surface area contributed by atoms with Gasteiger partial charge in [-0.2, -0.15) is 5.10 Å². The molecule has 0 spiro atoms. The highest BCUT2D eigenvalue weighted by Crippen LogP contribution is 2.15. The molecule has 1 N–H and O–H groups in total. The van der Waals surface area contributed by atoms with E-state index in [0.717, 1.165) is 11.3 Å². The number of hydrogen-bond donors (Lipinski definition) is 1. The number of nitrogens with one attached hydrogen (secondary N) is 1. The first kappa shape index (κ1) is 17.3. The Morgan fingerprint density at radius 3 is 2.17 bits per heavy atom. The number of ether oxygens (including phenoxy) is 1. The van der Waals surface area contributed by atoms with Gasteiger partial charge in [-0.15, -0.1) is 0 Å². The van der Waals surface area contributed by atoms with Crippen LogP contribution in [0.5, 0.6) is 5.75 Å². The highest BCUT2D eigenvalue weighted by Gasteiger charge is 2.05. The van der Waals surface area contributed by atoms with E-state index in [0.29, 0.717) is 22.2 Å². The number of carbonyl (C=O) groups excluding carboxylic acids is 1. The second-order valence-corrected chi connectivity index (χ2v) is 5.57. The first-order valence-corrected chi connectivity index (χ1v) is 7.83. The van der Waals surface area contributed by atoms with Crippen molar-refractivity contribution in [2.75, 3.05) is 6.61 Å². The number of benzene rings is 2. The number of nitrogens with zero attached hydrogens (tertiary/aromatic N) is 1. The Bertz CT molecular complexity index is 683. The lowest BCUT2D eigenvalue weighted by molar-refractivity contribution is -0.123. The molecule has 0 aromatic heterocycles. The van der Waals surface area contributed by atoms with E-state index in [1.54, 1.807) is 36.4 Å². The summed E-state index contributed by atoms with van der Waals surface area (Å²) in [7, 11) is 0. The maximum Gasteiger partial charge on any atom is 0.277 e. The molecule has 23 heavy (non-hydrogen) atoms. The minimum absolute atomic E-state index is 0.122. The summed E-state index contributed by atoms with van der Waals surface area (Å²) < 4.78 is 5.35. The van der Waals surface area contributed by atoms with E-state index in [4.69, 9.17) is 27.9 Å². The molecule has 4 nitrogen and oxygen atoms in total. The van der Waals surface area contributed by atoms with E-state index in [2.05, 4.69) is 10.5 Å². The number of hydrazone groups is 1. The van der Waals surface area contributed by atoms with E-state index >= 15 is 0 Å². The van der Waals surface area contributed by atoms with Crippen molar-refractivity contribution in [3.05, 3.63) is 64.1 Å². The predicted octanol–water partition coefficient (Wildman–Crippen LogP) is 4.30. The van der Waals surface area contributed by atoms with Crippen molar-refractivity contribution in [2.45, 2.75) is 13.3 Å². The van der Waals surface area contributed by atoms with Crippen molar-refractivity contribution >= 4 is 34.8 Å².